The number of nitrogens with one attached hydrogen (secondary N) is 1. The Morgan fingerprint density at radius 3 is 2.28 bits per heavy atom. The minimum Gasteiger partial charge on any atom is -0.490 e. The van der Waals surface area contributed by atoms with Crippen LogP contribution in [0, 0.1) is 0 Å². The molecule has 1 amide bonds. The van der Waals surface area contributed by atoms with Crippen LogP contribution in [0.5, 0.6) is 11.5 Å². The highest BCUT2D eigenvalue weighted by atomic mass is 32.2. The van der Waals surface area contributed by atoms with E-state index in [9.17, 15) is 13.2 Å². The van der Waals surface area contributed by atoms with Crippen molar-refractivity contribution >= 4 is 15.9 Å². The SMILES string of the molecule is CCOc1ccc(C(C)NC(=O)CN(C)S(=O)(=O)c2ccccc2)cc1OCC. The zero-order valence-corrected chi connectivity index (χ0v) is 18.0. The molecule has 2 aromatic carbocycles. The second kappa shape index (κ2) is 10.3. The first kappa shape index (κ1) is 22.7. The molecule has 0 bridgehead atoms. The van der Waals surface area contributed by atoms with Crippen molar-refractivity contribution in [3.05, 3.63) is 54.1 Å². The predicted molar refractivity (Wildman–Crippen MR) is 112 cm³/mol. The third kappa shape index (κ3) is 5.95. The third-order valence-electron chi connectivity index (χ3n) is 4.26. The molecule has 29 heavy (non-hydrogen) atoms. The maximum absolute atomic E-state index is 12.6. The molecule has 0 aliphatic heterocycles. The number of amides is 1. The molecule has 8 heteroatoms. The summed E-state index contributed by atoms with van der Waals surface area (Å²) in [5.74, 6) is 0.855. The van der Waals surface area contributed by atoms with Crippen molar-refractivity contribution in [3.63, 3.8) is 0 Å². The molecule has 0 saturated carbocycles. The summed E-state index contributed by atoms with van der Waals surface area (Å²) in [6.45, 7) is 6.34. The third-order valence-corrected chi connectivity index (χ3v) is 6.08. The number of hydrogen-bond donors (Lipinski definition) is 1. The fraction of sp³-hybridized carbons (Fsp3) is 0.381. The van der Waals surface area contributed by atoms with E-state index >= 15 is 0 Å². The Bertz CT molecular complexity index is 916. The number of hydrogen-bond acceptors (Lipinski definition) is 5. The van der Waals surface area contributed by atoms with E-state index < -0.39 is 15.9 Å². The van der Waals surface area contributed by atoms with E-state index in [1.807, 2.05) is 32.9 Å². The lowest BCUT2D eigenvalue weighted by atomic mass is 10.1. The minimum atomic E-state index is -3.72. The molecule has 1 N–H and O–H groups in total. The molecule has 7 nitrogen and oxygen atoms in total. The Morgan fingerprint density at radius 1 is 1.03 bits per heavy atom. The lowest BCUT2D eigenvalue weighted by Crippen LogP contribution is -2.39. The molecular formula is C21H28N2O5S. The first-order valence-corrected chi connectivity index (χ1v) is 10.9. The van der Waals surface area contributed by atoms with Gasteiger partial charge in [-0.2, -0.15) is 4.31 Å². The largest absolute Gasteiger partial charge is 0.490 e. The second-order valence-corrected chi connectivity index (χ2v) is 8.48. The van der Waals surface area contributed by atoms with Crippen molar-refractivity contribution in [2.75, 3.05) is 26.8 Å². The predicted octanol–water partition coefficient (Wildman–Crippen LogP) is 2.98. The van der Waals surface area contributed by atoms with Crippen LogP contribution in [0.15, 0.2) is 53.4 Å². The van der Waals surface area contributed by atoms with E-state index in [4.69, 9.17) is 9.47 Å². The van der Waals surface area contributed by atoms with Gasteiger partial charge in [-0.05, 0) is 50.6 Å². The van der Waals surface area contributed by atoms with Crippen molar-refractivity contribution in [2.24, 2.45) is 0 Å². The fourth-order valence-corrected chi connectivity index (χ4v) is 3.92. The summed E-state index contributed by atoms with van der Waals surface area (Å²) in [5.41, 5.74) is 0.832. The van der Waals surface area contributed by atoms with Gasteiger partial charge >= 0.3 is 0 Å². The highest BCUT2D eigenvalue weighted by Gasteiger charge is 2.23. The van der Waals surface area contributed by atoms with Crippen LogP contribution >= 0.6 is 0 Å². The molecule has 0 heterocycles. The molecule has 1 unspecified atom stereocenters. The maximum Gasteiger partial charge on any atom is 0.243 e. The summed E-state index contributed by atoms with van der Waals surface area (Å²) in [6.07, 6.45) is 0. The summed E-state index contributed by atoms with van der Waals surface area (Å²) in [6, 6.07) is 13.2. The summed E-state index contributed by atoms with van der Waals surface area (Å²) in [5, 5.41) is 2.83. The number of carbonyl (C=O) groups is 1. The highest BCUT2D eigenvalue weighted by molar-refractivity contribution is 7.89. The molecule has 0 aromatic heterocycles. The van der Waals surface area contributed by atoms with Gasteiger partial charge in [-0.25, -0.2) is 8.42 Å². The van der Waals surface area contributed by atoms with Gasteiger partial charge in [-0.1, -0.05) is 24.3 Å². The van der Waals surface area contributed by atoms with Crippen LogP contribution in [-0.4, -0.2) is 45.4 Å². The van der Waals surface area contributed by atoms with Gasteiger partial charge < -0.3 is 14.8 Å². The van der Waals surface area contributed by atoms with Gasteiger partial charge in [0.25, 0.3) is 0 Å². The van der Waals surface area contributed by atoms with E-state index in [-0.39, 0.29) is 17.5 Å². The van der Waals surface area contributed by atoms with Crippen molar-refractivity contribution in [1.29, 1.82) is 0 Å². The van der Waals surface area contributed by atoms with Crippen molar-refractivity contribution in [1.82, 2.24) is 9.62 Å². The van der Waals surface area contributed by atoms with Crippen LogP contribution < -0.4 is 14.8 Å². The number of likely N-dealkylation sites (N-methyl/N-ethyl adjacent to an activating group) is 1. The minimum absolute atomic E-state index is 0.149. The number of carbonyl (C=O) groups excluding carboxylic acids is 1. The van der Waals surface area contributed by atoms with Crippen LogP contribution in [0.3, 0.4) is 0 Å². The monoisotopic (exact) mass is 420 g/mol. The Labute approximate surface area is 172 Å². The van der Waals surface area contributed by atoms with Crippen LogP contribution in [0.25, 0.3) is 0 Å². The molecule has 0 fully saturated rings. The second-order valence-electron chi connectivity index (χ2n) is 6.44. The summed E-state index contributed by atoms with van der Waals surface area (Å²) >= 11 is 0. The van der Waals surface area contributed by atoms with Crippen molar-refractivity contribution in [3.8, 4) is 11.5 Å². The van der Waals surface area contributed by atoms with E-state index in [0.29, 0.717) is 24.7 Å². The molecule has 0 radical (unpaired) electrons. The Hall–Kier alpha value is -2.58. The topological polar surface area (TPSA) is 84.9 Å². The molecular weight excluding hydrogens is 392 g/mol. The quantitative estimate of drug-likeness (QED) is 0.639. The van der Waals surface area contributed by atoms with Crippen LogP contribution in [-0.2, 0) is 14.8 Å². The zero-order valence-electron chi connectivity index (χ0n) is 17.2. The molecule has 0 spiro atoms. The van der Waals surface area contributed by atoms with Crippen LogP contribution in [0.1, 0.15) is 32.4 Å². The van der Waals surface area contributed by atoms with Crippen LogP contribution in [0.2, 0.25) is 0 Å². The number of ether oxygens (including phenoxy) is 2. The van der Waals surface area contributed by atoms with Gasteiger partial charge in [-0.3, -0.25) is 4.79 Å². The number of nitrogens with zero attached hydrogens (tertiary/aromatic N) is 1. The van der Waals surface area contributed by atoms with Gasteiger partial charge in [0.15, 0.2) is 11.5 Å². The standard InChI is InChI=1S/C21H28N2O5S/c1-5-27-19-13-12-17(14-20(19)28-6-2)16(3)22-21(24)15-23(4)29(25,26)18-10-8-7-9-11-18/h7-14,16H,5-6,15H2,1-4H3,(H,22,24). The molecule has 0 saturated heterocycles. The lowest BCUT2D eigenvalue weighted by molar-refractivity contribution is -0.121. The van der Waals surface area contributed by atoms with Gasteiger partial charge in [0.2, 0.25) is 15.9 Å². The normalized spacial score (nSPS) is 12.4. The lowest BCUT2D eigenvalue weighted by Gasteiger charge is -2.20. The van der Waals surface area contributed by atoms with Gasteiger partial charge in [0.1, 0.15) is 0 Å². The Kier molecular flexibility index (Phi) is 8.04. The molecule has 0 aliphatic rings. The maximum atomic E-state index is 12.6. The molecule has 2 rings (SSSR count). The molecule has 1 atom stereocenters. The van der Waals surface area contributed by atoms with Crippen LogP contribution in [0.4, 0.5) is 0 Å². The van der Waals surface area contributed by atoms with Gasteiger partial charge in [0, 0.05) is 7.05 Å². The summed E-state index contributed by atoms with van der Waals surface area (Å²) in [4.78, 5) is 12.6. The molecule has 0 aliphatic carbocycles. The molecule has 2 aromatic rings. The average molecular weight is 421 g/mol. The Balaban J connectivity index is 2.06. The number of sulfonamides is 1. The fourth-order valence-electron chi connectivity index (χ4n) is 2.77. The summed E-state index contributed by atoms with van der Waals surface area (Å²) in [7, 11) is -2.34. The number of rotatable bonds is 10. The highest BCUT2D eigenvalue weighted by Crippen LogP contribution is 2.30. The number of benzene rings is 2. The average Bonchev–Trinajstić information content (AvgIpc) is 2.70. The van der Waals surface area contributed by atoms with Gasteiger partial charge in [0.05, 0.1) is 30.7 Å². The Morgan fingerprint density at radius 2 is 1.66 bits per heavy atom. The van der Waals surface area contributed by atoms with E-state index in [1.165, 1.54) is 19.2 Å². The van der Waals surface area contributed by atoms with E-state index in [0.717, 1.165) is 9.87 Å². The van der Waals surface area contributed by atoms with Crippen molar-refractivity contribution < 1.29 is 22.7 Å². The van der Waals surface area contributed by atoms with E-state index in [1.54, 1.807) is 24.3 Å². The smallest absolute Gasteiger partial charge is 0.243 e. The first-order chi connectivity index (χ1) is 13.8. The molecule has 158 valence electrons. The van der Waals surface area contributed by atoms with Crippen molar-refractivity contribution in [2.45, 2.75) is 31.7 Å². The first-order valence-electron chi connectivity index (χ1n) is 9.49. The summed E-state index contributed by atoms with van der Waals surface area (Å²) < 4.78 is 37.3. The zero-order chi connectivity index (χ0) is 21.4. The van der Waals surface area contributed by atoms with Gasteiger partial charge in [-0.15, -0.1) is 0 Å². The van der Waals surface area contributed by atoms with E-state index in [2.05, 4.69) is 5.32 Å².